The number of halogens is 1. The van der Waals surface area contributed by atoms with E-state index in [1.807, 2.05) is 55.6 Å². The Morgan fingerprint density at radius 2 is 1.54 bits per heavy atom. The Morgan fingerprint density at radius 3 is 2.27 bits per heavy atom. The second kappa shape index (κ2) is 6.65. The molecule has 0 aliphatic rings. The van der Waals surface area contributed by atoms with E-state index < -0.39 is 0 Å². The zero-order chi connectivity index (χ0) is 18.1. The Bertz CT molecular complexity index is 1050. The second-order valence-electron chi connectivity index (χ2n) is 6.02. The third kappa shape index (κ3) is 3.32. The SMILES string of the molecule is Cc1ccc(Nc2nc(Nc3ccc(Cl)cc3)c3cnn(C)c3n2)cc1. The molecule has 0 fully saturated rings. The van der Waals surface area contributed by atoms with E-state index in [4.69, 9.17) is 11.6 Å². The van der Waals surface area contributed by atoms with E-state index in [-0.39, 0.29) is 0 Å². The molecular formula is C19H17ClN6. The summed E-state index contributed by atoms with van der Waals surface area (Å²) in [4.78, 5) is 9.22. The highest BCUT2D eigenvalue weighted by Crippen LogP contribution is 2.26. The normalized spacial score (nSPS) is 10.9. The lowest BCUT2D eigenvalue weighted by Gasteiger charge is -2.10. The van der Waals surface area contributed by atoms with Gasteiger partial charge >= 0.3 is 0 Å². The highest BCUT2D eigenvalue weighted by atomic mass is 35.5. The number of nitrogens with one attached hydrogen (secondary N) is 2. The van der Waals surface area contributed by atoms with Crippen LogP contribution in [0.3, 0.4) is 0 Å². The van der Waals surface area contributed by atoms with Crippen molar-refractivity contribution in [3.63, 3.8) is 0 Å². The predicted octanol–water partition coefficient (Wildman–Crippen LogP) is 4.81. The third-order valence-corrected chi connectivity index (χ3v) is 4.26. The van der Waals surface area contributed by atoms with Crippen molar-refractivity contribution < 1.29 is 0 Å². The van der Waals surface area contributed by atoms with Gasteiger partial charge in [0.25, 0.3) is 0 Å². The van der Waals surface area contributed by atoms with Crippen LogP contribution in [0.15, 0.2) is 54.7 Å². The van der Waals surface area contributed by atoms with Crippen LogP contribution < -0.4 is 10.6 Å². The molecule has 0 unspecified atom stereocenters. The average molecular weight is 365 g/mol. The zero-order valence-corrected chi connectivity index (χ0v) is 15.1. The summed E-state index contributed by atoms with van der Waals surface area (Å²) in [6, 6.07) is 15.5. The van der Waals surface area contributed by atoms with Gasteiger partial charge < -0.3 is 10.6 Å². The van der Waals surface area contributed by atoms with Crippen LogP contribution in [-0.2, 0) is 7.05 Å². The van der Waals surface area contributed by atoms with Crippen molar-refractivity contribution in [1.29, 1.82) is 0 Å². The van der Waals surface area contributed by atoms with Crippen LogP contribution in [0, 0.1) is 6.92 Å². The van der Waals surface area contributed by atoms with E-state index in [1.165, 1.54) is 5.56 Å². The van der Waals surface area contributed by atoms with Crippen LogP contribution in [0.1, 0.15) is 5.56 Å². The molecule has 0 aliphatic carbocycles. The standard InChI is InChI=1S/C19H17ClN6/c1-12-3-7-15(8-4-12)23-19-24-17(16-11-21-26(2)18(16)25-19)22-14-9-5-13(20)6-10-14/h3-11H,1-2H3,(H2,22,23,24,25). The van der Waals surface area contributed by atoms with Crippen molar-refractivity contribution in [3.05, 3.63) is 65.3 Å². The number of aryl methyl sites for hydroxylation is 2. The molecule has 26 heavy (non-hydrogen) atoms. The molecule has 0 amide bonds. The van der Waals surface area contributed by atoms with Gasteiger partial charge in [0.2, 0.25) is 5.95 Å². The quantitative estimate of drug-likeness (QED) is 0.543. The molecular weight excluding hydrogens is 348 g/mol. The van der Waals surface area contributed by atoms with Gasteiger partial charge in [-0.2, -0.15) is 15.1 Å². The van der Waals surface area contributed by atoms with Gasteiger partial charge in [0.1, 0.15) is 5.82 Å². The van der Waals surface area contributed by atoms with Gasteiger partial charge in [-0.05, 0) is 43.3 Å². The van der Waals surface area contributed by atoms with E-state index in [0.29, 0.717) is 16.8 Å². The summed E-state index contributed by atoms with van der Waals surface area (Å²) in [5.74, 6) is 1.18. The molecule has 2 N–H and O–H groups in total. The molecule has 4 aromatic rings. The maximum Gasteiger partial charge on any atom is 0.231 e. The lowest BCUT2D eigenvalue weighted by atomic mass is 10.2. The topological polar surface area (TPSA) is 67.7 Å². The fourth-order valence-electron chi connectivity index (χ4n) is 2.61. The van der Waals surface area contributed by atoms with Crippen LogP contribution in [0.2, 0.25) is 5.02 Å². The second-order valence-corrected chi connectivity index (χ2v) is 6.46. The van der Waals surface area contributed by atoms with Crippen LogP contribution in [-0.4, -0.2) is 19.7 Å². The number of rotatable bonds is 4. The van der Waals surface area contributed by atoms with Crippen molar-refractivity contribution in [3.8, 4) is 0 Å². The van der Waals surface area contributed by atoms with Gasteiger partial charge in [0.15, 0.2) is 5.65 Å². The first-order valence-electron chi connectivity index (χ1n) is 8.14. The number of hydrogen-bond donors (Lipinski definition) is 2. The van der Waals surface area contributed by atoms with Gasteiger partial charge in [-0.1, -0.05) is 29.3 Å². The maximum absolute atomic E-state index is 5.96. The minimum Gasteiger partial charge on any atom is -0.339 e. The molecule has 0 saturated carbocycles. The predicted molar refractivity (Wildman–Crippen MR) is 106 cm³/mol. The summed E-state index contributed by atoms with van der Waals surface area (Å²) in [5.41, 5.74) is 3.75. The number of benzene rings is 2. The van der Waals surface area contributed by atoms with Gasteiger partial charge in [0.05, 0.1) is 11.6 Å². The van der Waals surface area contributed by atoms with Gasteiger partial charge in [-0.3, -0.25) is 4.68 Å². The van der Waals surface area contributed by atoms with Crippen LogP contribution in [0.5, 0.6) is 0 Å². The maximum atomic E-state index is 5.96. The number of hydrogen-bond acceptors (Lipinski definition) is 5. The van der Waals surface area contributed by atoms with Crippen molar-refractivity contribution in [2.75, 3.05) is 10.6 Å². The van der Waals surface area contributed by atoms with E-state index in [2.05, 4.69) is 32.6 Å². The van der Waals surface area contributed by atoms with E-state index in [0.717, 1.165) is 22.4 Å². The molecule has 0 aliphatic heterocycles. The summed E-state index contributed by atoms with van der Waals surface area (Å²) in [5, 5.41) is 12.4. The molecule has 0 bridgehead atoms. The summed E-state index contributed by atoms with van der Waals surface area (Å²) in [6.45, 7) is 2.05. The molecule has 2 aromatic carbocycles. The van der Waals surface area contributed by atoms with Gasteiger partial charge in [-0.15, -0.1) is 0 Å². The fraction of sp³-hybridized carbons (Fsp3) is 0.105. The number of anilines is 4. The molecule has 7 heteroatoms. The lowest BCUT2D eigenvalue weighted by Crippen LogP contribution is -2.03. The minimum atomic E-state index is 0.501. The molecule has 2 aromatic heterocycles. The first-order chi connectivity index (χ1) is 12.6. The smallest absolute Gasteiger partial charge is 0.231 e. The largest absolute Gasteiger partial charge is 0.339 e. The first-order valence-corrected chi connectivity index (χ1v) is 8.52. The molecule has 0 atom stereocenters. The van der Waals surface area contributed by atoms with Gasteiger partial charge in [-0.25, -0.2) is 0 Å². The lowest BCUT2D eigenvalue weighted by molar-refractivity contribution is 0.786. The van der Waals surface area contributed by atoms with E-state index in [1.54, 1.807) is 10.9 Å². The fourth-order valence-corrected chi connectivity index (χ4v) is 2.74. The summed E-state index contributed by atoms with van der Waals surface area (Å²) in [7, 11) is 1.86. The summed E-state index contributed by atoms with van der Waals surface area (Å²) < 4.78 is 1.73. The third-order valence-electron chi connectivity index (χ3n) is 4.01. The molecule has 4 rings (SSSR count). The molecule has 0 saturated heterocycles. The van der Waals surface area contributed by atoms with Gasteiger partial charge in [0, 0.05) is 23.4 Å². The van der Waals surface area contributed by atoms with E-state index >= 15 is 0 Å². The van der Waals surface area contributed by atoms with Crippen LogP contribution in [0.4, 0.5) is 23.1 Å². The number of aromatic nitrogens is 4. The highest BCUT2D eigenvalue weighted by Gasteiger charge is 2.12. The Kier molecular flexibility index (Phi) is 4.18. The number of fused-ring (bicyclic) bond motifs is 1. The number of nitrogens with zero attached hydrogens (tertiary/aromatic N) is 4. The molecule has 130 valence electrons. The van der Waals surface area contributed by atoms with Crippen molar-refractivity contribution in [1.82, 2.24) is 19.7 Å². The van der Waals surface area contributed by atoms with Crippen LogP contribution >= 0.6 is 11.6 Å². The van der Waals surface area contributed by atoms with E-state index in [9.17, 15) is 0 Å². The molecule has 0 radical (unpaired) electrons. The Hall–Kier alpha value is -3.12. The van der Waals surface area contributed by atoms with Crippen molar-refractivity contribution >= 4 is 45.8 Å². The van der Waals surface area contributed by atoms with Crippen molar-refractivity contribution in [2.24, 2.45) is 7.05 Å². The Labute approximate surface area is 155 Å². The van der Waals surface area contributed by atoms with Crippen molar-refractivity contribution in [2.45, 2.75) is 6.92 Å². The Balaban J connectivity index is 1.73. The molecule has 2 heterocycles. The average Bonchev–Trinajstić information content (AvgIpc) is 3.00. The minimum absolute atomic E-state index is 0.501. The summed E-state index contributed by atoms with van der Waals surface area (Å²) in [6.07, 6.45) is 1.75. The van der Waals surface area contributed by atoms with Crippen LogP contribution in [0.25, 0.3) is 11.0 Å². The highest BCUT2D eigenvalue weighted by molar-refractivity contribution is 6.30. The first kappa shape index (κ1) is 16.4. The molecule has 6 nitrogen and oxygen atoms in total. The molecule has 0 spiro atoms. The Morgan fingerprint density at radius 1 is 0.885 bits per heavy atom. The zero-order valence-electron chi connectivity index (χ0n) is 14.4. The monoisotopic (exact) mass is 364 g/mol. The summed E-state index contributed by atoms with van der Waals surface area (Å²) >= 11 is 5.96.